The zero-order chi connectivity index (χ0) is 12.1. The maximum atomic E-state index is 5.92. The van der Waals surface area contributed by atoms with E-state index in [1.807, 2.05) is 6.07 Å². The normalized spacial score (nSPS) is 20.2. The molecule has 1 aliphatic rings. The Bertz CT molecular complexity index is 364. The third kappa shape index (κ3) is 4.06. The lowest BCUT2D eigenvalue weighted by atomic mass is 10.0. The number of halogens is 2. The molecule has 0 radical (unpaired) electrons. The van der Waals surface area contributed by atoms with Crippen LogP contribution in [0.3, 0.4) is 0 Å². The van der Waals surface area contributed by atoms with E-state index in [4.69, 9.17) is 27.9 Å². The molecular weight excluding hydrogens is 257 g/mol. The van der Waals surface area contributed by atoms with Crippen molar-refractivity contribution in [3.63, 3.8) is 0 Å². The molecule has 0 saturated carbocycles. The number of hydrogen-bond acceptors (Lipinski definition) is 2. The van der Waals surface area contributed by atoms with Gasteiger partial charge < -0.3 is 10.1 Å². The molecule has 17 heavy (non-hydrogen) atoms. The highest BCUT2D eigenvalue weighted by atomic mass is 35.5. The van der Waals surface area contributed by atoms with Crippen molar-refractivity contribution in [3.05, 3.63) is 28.2 Å². The van der Waals surface area contributed by atoms with Crippen LogP contribution in [-0.2, 0) is 0 Å². The van der Waals surface area contributed by atoms with E-state index in [1.54, 1.807) is 12.1 Å². The minimum absolute atomic E-state index is 0.542. The number of nitrogens with one attached hydrogen (secondary N) is 1. The number of hydrogen-bond donors (Lipinski definition) is 1. The molecule has 0 aliphatic carbocycles. The summed E-state index contributed by atoms with van der Waals surface area (Å²) in [4.78, 5) is 0. The van der Waals surface area contributed by atoms with Crippen LogP contribution in [0.4, 0.5) is 0 Å². The highest BCUT2D eigenvalue weighted by Crippen LogP contribution is 2.26. The molecular formula is C13H17Cl2NO. The van der Waals surface area contributed by atoms with Crippen LogP contribution in [-0.4, -0.2) is 19.2 Å². The minimum atomic E-state index is 0.542. The number of piperidine rings is 1. The van der Waals surface area contributed by atoms with Crippen molar-refractivity contribution in [1.82, 2.24) is 5.32 Å². The van der Waals surface area contributed by atoms with E-state index >= 15 is 0 Å². The molecule has 1 aliphatic heterocycles. The Balaban J connectivity index is 1.75. The average Bonchev–Trinajstić information content (AvgIpc) is 2.35. The molecule has 0 bridgehead atoms. The van der Waals surface area contributed by atoms with E-state index in [9.17, 15) is 0 Å². The van der Waals surface area contributed by atoms with Crippen molar-refractivity contribution >= 4 is 23.2 Å². The topological polar surface area (TPSA) is 21.3 Å². The summed E-state index contributed by atoms with van der Waals surface area (Å²) in [6, 6.07) is 5.98. The number of benzene rings is 1. The molecule has 1 heterocycles. The van der Waals surface area contributed by atoms with Gasteiger partial charge in [-0.05, 0) is 37.9 Å². The van der Waals surface area contributed by atoms with Crippen LogP contribution in [0.5, 0.6) is 5.75 Å². The molecule has 2 rings (SSSR count). The average molecular weight is 274 g/mol. The zero-order valence-corrected chi connectivity index (χ0v) is 11.2. The molecule has 1 N–H and O–H groups in total. The lowest BCUT2D eigenvalue weighted by Crippen LogP contribution is -2.35. The van der Waals surface area contributed by atoms with Gasteiger partial charge in [0.05, 0.1) is 16.7 Å². The lowest BCUT2D eigenvalue weighted by Gasteiger charge is -2.23. The Morgan fingerprint density at radius 1 is 1.24 bits per heavy atom. The number of ether oxygens (including phenoxy) is 1. The first-order valence-electron chi connectivity index (χ1n) is 6.07. The van der Waals surface area contributed by atoms with Crippen molar-refractivity contribution in [2.24, 2.45) is 0 Å². The summed E-state index contributed by atoms with van der Waals surface area (Å²) in [6.45, 7) is 1.85. The van der Waals surface area contributed by atoms with Gasteiger partial charge in [0.1, 0.15) is 5.75 Å². The van der Waals surface area contributed by atoms with Crippen molar-refractivity contribution < 1.29 is 4.74 Å². The van der Waals surface area contributed by atoms with Crippen LogP contribution in [0.1, 0.15) is 25.7 Å². The van der Waals surface area contributed by atoms with Crippen LogP contribution in [0.2, 0.25) is 10.0 Å². The van der Waals surface area contributed by atoms with Crippen LogP contribution < -0.4 is 10.1 Å². The van der Waals surface area contributed by atoms with Gasteiger partial charge in [-0.3, -0.25) is 0 Å². The molecule has 1 saturated heterocycles. The van der Waals surface area contributed by atoms with Crippen LogP contribution in [0.25, 0.3) is 0 Å². The summed E-state index contributed by atoms with van der Waals surface area (Å²) < 4.78 is 5.66. The minimum Gasteiger partial charge on any atom is -0.493 e. The van der Waals surface area contributed by atoms with Gasteiger partial charge in [0.25, 0.3) is 0 Å². The molecule has 1 aromatic rings. The molecule has 0 unspecified atom stereocenters. The molecule has 94 valence electrons. The van der Waals surface area contributed by atoms with Gasteiger partial charge in [0.2, 0.25) is 0 Å². The Hall–Kier alpha value is -0.440. The van der Waals surface area contributed by atoms with Crippen molar-refractivity contribution in [1.29, 1.82) is 0 Å². The lowest BCUT2D eigenvalue weighted by molar-refractivity contribution is 0.268. The summed E-state index contributed by atoms with van der Waals surface area (Å²) >= 11 is 11.8. The Kier molecular flexibility index (Phi) is 4.96. The van der Waals surface area contributed by atoms with Crippen molar-refractivity contribution in [3.8, 4) is 5.75 Å². The summed E-state index contributed by atoms with van der Waals surface area (Å²) in [5, 5.41) is 4.60. The van der Waals surface area contributed by atoms with Gasteiger partial charge in [-0.1, -0.05) is 29.6 Å². The quantitative estimate of drug-likeness (QED) is 0.899. The van der Waals surface area contributed by atoms with E-state index in [0.29, 0.717) is 16.1 Å². The predicted molar refractivity (Wildman–Crippen MR) is 72.2 cm³/mol. The Labute approximate surface area is 112 Å². The summed E-state index contributed by atoms with van der Waals surface area (Å²) in [6.07, 6.45) is 4.92. The fraction of sp³-hybridized carbons (Fsp3) is 0.538. The fourth-order valence-corrected chi connectivity index (χ4v) is 2.34. The second-order valence-corrected chi connectivity index (χ2v) is 5.17. The summed E-state index contributed by atoms with van der Waals surface area (Å²) in [5.74, 6) is 0.787. The van der Waals surface area contributed by atoms with E-state index in [1.165, 1.54) is 19.3 Å². The Morgan fingerprint density at radius 2 is 2.12 bits per heavy atom. The smallest absolute Gasteiger partial charge is 0.120 e. The van der Waals surface area contributed by atoms with E-state index in [2.05, 4.69) is 5.32 Å². The van der Waals surface area contributed by atoms with Crippen LogP contribution in [0.15, 0.2) is 18.2 Å². The second kappa shape index (κ2) is 6.48. The third-order valence-electron chi connectivity index (χ3n) is 3.04. The second-order valence-electron chi connectivity index (χ2n) is 4.36. The maximum absolute atomic E-state index is 5.92. The molecule has 0 spiro atoms. The standard InChI is InChI=1S/C13H17Cl2NO/c14-12-5-4-11(9-13(12)15)17-8-6-10-3-1-2-7-16-10/h4-5,9-10,16H,1-3,6-8H2/t10-/m1/s1. The SMILES string of the molecule is Clc1ccc(OCC[C@H]2CCCCN2)cc1Cl. The first-order chi connectivity index (χ1) is 8.25. The summed E-state index contributed by atoms with van der Waals surface area (Å²) in [5.41, 5.74) is 0. The van der Waals surface area contributed by atoms with Gasteiger partial charge in [0.15, 0.2) is 0 Å². The zero-order valence-electron chi connectivity index (χ0n) is 9.72. The van der Waals surface area contributed by atoms with Gasteiger partial charge in [-0.2, -0.15) is 0 Å². The maximum Gasteiger partial charge on any atom is 0.120 e. The van der Waals surface area contributed by atoms with Crippen molar-refractivity contribution in [2.75, 3.05) is 13.2 Å². The summed E-state index contributed by atoms with van der Waals surface area (Å²) in [7, 11) is 0. The van der Waals surface area contributed by atoms with Crippen LogP contribution >= 0.6 is 23.2 Å². The van der Waals surface area contributed by atoms with E-state index < -0.39 is 0 Å². The molecule has 1 aromatic carbocycles. The first-order valence-corrected chi connectivity index (χ1v) is 6.82. The third-order valence-corrected chi connectivity index (χ3v) is 3.78. The van der Waals surface area contributed by atoms with Crippen LogP contribution in [0, 0.1) is 0 Å². The molecule has 1 fully saturated rings. The number of rotatable bonds is 4. The van der Waals surface area contributed by atoms with Gasteiger partial charge in [-0.15, -0.1) is 0 Å². The van der Waals surface area contributed by atoms with Gasteiger partial charge >= 0.3 is 0 Å². The largest absolute Gasteiger partial charge is 0.493 e. The molecule has 4 heteroatoms. The van der Waals surface area contributed by atoms with Crippen molar-refractivity contribution in [2.45, 2.75) is 31.7 Å². The molecule has 2 nitrogen and oxygen atoms in total. The molecule has 0 amide bonds. The molecule has 0 aromatic heterocycles. The first kappa shape index (κ1) is 13.0. The Morgan fingerprint density at radius 3 is 2.82 bits per heavy atom. The van der Waals surface area contributed by atoms with E-state index in [-0.39, 0.29) is 0 Å². The highest BCUT2D eigenvalue weighted by molar-refractivity contribution is 6.42. The monoisotopic (exact) mass is 273 g/mol. The van der Waals surface area contributed by atoms with Gasteiger partial charge in [-0.25, -0.2) is 0 Å². The highest BCUT2D eigenvalue weighted by Gasteiger charge is 2.12. The molecule has 1 atom stereocenters. The predicted octanol–water partition coefficient (Wildman–Crippen LogP) is 3.90. The van der Waals surface area contributed by atoms with E-state index in [0.717, 1.165) is 25.3 Å². The van der Waals surface area contributed by atoms with Gasteiger partial charge in [0, 0.05) is 12.1 Å². The fourth-order valence-electron chi connectivity index (χ4n) is 2.06.